The Balaban J connectivity index is 2.66. The lowest BCUT2D eigenvalue weighted by Crippen LogP contribution is -2.37. The van der Waals surface area contributed by atoms with E-state index in [9.17, 15) is 14.7 Å². The Bertz CT molecular complexity index is 461. The normalized spacial score (nSPS) is 11.8. The highest BCUT2D eigenvalue weighted by Crippen LogP contribution is 2.15. The topological polar surface area (TPSA) is 75.6 Å². The third-order valence-corrected chi connectivity index (χ3v) is 2.87. The molecule has 0 aromatic heterocycles. The highest BCUT2D eigenvalue weighted by Gasteiger charge is 2.17. The molecular formula is C12H14BrNO4. The van der Waals surface area contributed by atoms with Crippen LogP contribution < -0.4 is 5.32 Å². The quantitative estimate of drug-likeness (QED) is 0.813. The Kier molecular flexibility index (Phi) is 5.30. The minimum Gasteiger partial charge on any atom is -0.467 e. The van der Waals surface area contributed by atoms with Crippen molar-refractivity contribution in [1.29, 1.82) is 0 Å². The summed E-state index contributed by atoms with van der Waals surface area (Å²) in [6, 6.07) is 5.31. The fourth-order valence-electron chi connectivity index (χ4n) is 1.34. The van der Waals surface area contributed by atoms with Crippen LogP contribution >= 0.6 is 15.9 Å². The number of aliphatic hydroxyl groups excluding tert-OH is 1. The molecule has 0 saturated carbocycles. The smallest absolute Gasteiger partial charge is 0.336 e. The summed E-state index contributed by atoms with van der Waals surface area (Å²) in [5.41, 5.74) is 1.30. The Morgan fingerprint density at radius 2 is 2.17 bits per heavy atom. The lowest BCUT2D eigenvalue weighted by Gasteiger charge is -2.11. The second-order valence-corrected chi connectivity index (χ2v) is 4.62. The number of benzene rings is 1. The summed E-state index contributed by atoms with van der Waals surface area (Å²) in [7, 11) is 1.17. The van der Waals surface area contributed by atoms with Gasteiger partial charge in [-0.2, -0.15) is 0 Å². The Hall–Kier alpha value is -1.40. The van der Waals surface area contributed by atoms with Gasteiger partial charge >= 0.3 is 5.97 Å². The maximum atomic E-state index is 11.8. The van der Waals surface area contributed by atoms with E-state index >= 15 is 0 Å². The van der Waals surface area contributed by atoms with Gasteiger partial charge in [-0.15, -0.1) is 0 Å². The van der Waals surface area contributed by atoms with Crippen LogP contribution in [0.25, 0.3) is 0 Å². The molecule has 98 valence electrons. The number of rotatable bonds is 4. The first kappa shape index (κ1) is 14.7. The van der Waals surface area contributed by atoms with Crippen LogP contribution in [0.5, 0.6) is 0 Å². The maximum absolute atomic E-state index is 11.8. The van der Waals surface area contributed by atoms with Crippen molar-refractivity contribution in [3.05, 3.63) is 33.8 Å². The van der Waals surface area contributed by atoms with E-state index in [2.05, 4.69) is 26.0 Å². The van der Waals surface area contributed by atoms with E-state index in [1.165, 1.54) is 7.11 Å². The van der Waals surface area contributed by atoms with Crippen LogP contribution in [0.15, 0.2) is 22.7 Å². The zero-order valence-corrected chi connectivity index (χ0v) is 11.7. The van der Waals surface area contributed by atoms with Crippen molar-refractivity contribution in [3.8, 4) is 0 Å². The molecule has 0 aliphatic rings. The predicted octanol–water partition coefficient (Wildman–Crippen LogP) is 1.02. The summed E-state index contributed by atoms with van der Waals surface area (Å²) in [4.78, 5) is 22.8. The van der Waals surface area contributed by atoms with Crippen molar-refractivity contribution in [2.45, 2.75) is 13.0 Å². The Morgan fingerprint density at radius 3 is 2.78 bits per heavy atom. The molecule has 1 unspecified atom stereocenters. The zero-order chi connectivity index (χ0) is 13.7. The third-order valence-electron chi connectivity index (χ3n) is 2.37. The molecule has 2 N–H and O–H groups in total. The van der Waals surface area contributed by atoms with E-state index in [1.807, 2.05) is 6.07 Å². The molecule has 6 heteroatoms. The molecule has 0 aliphatic carbocycles. The molecule has 0 heterocycles. The molecule has 0 saturated heterocycles. The van der Waals surface area contributed by atoms with Crippen molar-refractivity contribution in [2.24, 2.45) is 0 Å². The number of carbonyl (C=O) groups is 2. The Morgan fingerprint density at radius 1 is 1.50 bits per heavy atom. The number of hydrogen-bond donors (Lipinski definition) is 2. The lowest BCUT2D eigenvalue weighted by molar-refractivity contribution is -0.149. The van der Waals surface area contributed by atoms with Gasteiger partial charge in [0.2, 0.25) is 0 Å². The van der Waals surface area contributed by atoms with Gasteiger partial charge in [-0.25, -0.2) is 4.79 Å². The fraction of sp³-hybridized carbons (Fsp3) is 0.333. The monoisotopic (exact) mass is 315 g/mol. The molecule has 18 heavy (non-hydrogen) atoms. The highest BCUT2D eigenvalue weighted by atomic mass is 79.9. The van der Waals surface area contributed by atoms with Gasteiger partial charge in [-0.3, -0.25) is 4.79 Å². The van der Waals surface area contributed by atoms with Gasteiger partial charge in [0, 0.05) is 10.0 Å². The summed E-state index contributed by atoms with van der Waals surface area (Å²) >= 11 is 3.28. The summed E-state index contributed by atoms with van der Waals surface area (Å²) in [6.45, 7) is 1.62. The van der Waals surface area contributed by atoms with E-state index in [0.29, 0.717) is 5.56 Å². The summed E-state index contributed by atoms with van der Waals surface area (Å²) in [6.07, 6.45) is -1.36. The van der Waals surface area contributed by atoms with Crippen LogP contribution in [-0.4, -0.2) is 36.7 Å². The second-order valence-electron chi connectivity index (χ2n) is 3.71. The first-order valence-corrected chi connectivity index (χ1v) is 6.05. The van der Waals surface area contributed by atoms with Crippen molar-refractivity contribution in [1.82, 2.24) is 5.32 Å². The fourth-order valence-corrected chi connectivity index (χ4v) is 1.70. The molecule has 1 rings (SSSR count). The zero-order valence-electron chi connectivity index (χ0n) is 10.1. The van der Waals surface area contributed by atoms with Gasteiger partial charge in [0.05, 0.1) is 13.7 Å². The molecule has 0 radical (unpaired) electrons. The molecule has 1 aromatic carbocycles. The molecule has 1 aromatic rings. The van der Waals surface area contributed by atoms with E-state index in [4.69, 9.17) is 0 Å². The van der Waals surface area contributed by atoms with Crippen LogP contribution in [0.1, 0.15) is 15.9 Å². The average molecular weight is 316 g/mol. The van der Waals surface area contributed by atoms with Crippen LogP contribution in [-0.2, 0) is 9.53 Å². The molecule has 0 spiro atoms. The van der Waals surface area contributed by atoms with Crippen molar-refractivity contribution >= 4 is 27.8 Å². The number of amides is 1. The maximum Gasteiger partial charge on any atom is 0.336 e. The number of nitrogens with one attached hydrogen (secondary N) is 1. The van der Waals surface area contributed by atoms with E-state index in [0.717, 1.165) is 10.0 Å². The lowest BCUT2D eigenvalue weighted by atomic mass is 10.1. The van der Waals surface area contributed by atoms with Crippen molar-refractivity contribution in [3.63, 3.8) is 0 Å². The van der Waals surface area contributed by atoms with Crippen molar-refractivity contribution < 1.29 is 19.4 Å². The summed E-state index contributed by atoms with van der Waals surface area (Å²) < 4.78 is 5.13. The van der Waals surface area contributed by atoms with Gasteiger partial charge in [0.1, 0.15) is 0 Å². The largest absolute Gasteiger partial charge is 0.467 e. The predicted molar refractivity (Wildman–Crippen MR) is 69.2 cm³/mol. The first-order valence-electron chi connectivity index (χ1n) is 5.26. The van der Waals surface area contributed by atoms with Crippen LogP contribution in [0, 0.1) is 6.92 Å². The minimum absolute atomic E-state index is 0.183. The number of ether oxygens (including phenoxy) is 1. The highest BCUT2D eigenvalue weighted by molar-refractivity contribution is 9.10. The summed E-state index contributed by atoms with van der Waals surface area (Å²) in [5, 5.41) is 11.8. The van der Waals surface area contributed by atoms with E-state index in [1.54, 1.807) is 19.1 Å². The molecule has 0 fully saturated rings. The molecular weight excluding hydrogens is 302 g/mol. The van der Waals surface area contributed by atoms with Gasteiger partial charge in [0.15, 0.2) is 6.10 Å². The van der Waals surface area contributed by atoms with Crippen LogP contribution in [0.3, 0.4) is 0 Å². The second kappa shape index (κ2) is 6.51. The van der Waals surface area contributed by atoms with Crippen molar-refractivity contribution in [2.75, 3.05) is 13.7 Å². The molecule has 1 amide bonds. The van der Waals surface area contributed by atoms with Gasteiger partial charge in [-0.1, -0.05) is 22.0 Å². The SMILES string of the molecule is COC(=O)C(O)CNC(=O)c1cc(Br)ccc1C. The number of aliphatic hydroxyl groups is 1. The van der Waals surface area contributed by atoms with Crippen LogP contribution in [0.4, 0.5) is 0 Å². The number of esters is 1. The standard InChI is InChI=1S/C12H14BrNO4/c1-7-3-4-8(13)5-9(7)11(16)14-6-10(15)12(17)18-2/h3-5,10,15H,6H2,1-2H3,(H,14,16). The number of methoxy groups -OCH3 is 1. The number of hydrogen-bond acceptors (Lipinski definition) is 4. The summed E-state index contributed by atoms with van der Waals surface area (Å²) in [5.74, 6) is -1.13. The molecule has 0 aliphatic heterocycles. The molecule has 5 nitrogen and oxygen atoms in total. The molecule has 1 atom stereocenters. The van der Waals surface area contributed by atoms with Gasteiger partial charge < -0.3 is 15.2 Å². The third kappa shape index (κ3) is 3.82. The Labute approximate surface area is 113 Å². The van der Waals surface area contributed by atoms with Gasteiger partial charge in [-0.05, 0) is 24.6 Å². The van der Waals surface area contributed by atoms with E-state index in [-0.39, 0.29) is 12.5 Å². The minimum atomic E-state index is -1.36. The number of aryl methyl sites for hydroxylation is 1. The average Bonchev–Trinajstić information content (AvgIpc) is 2.37. The first-order chi connectivity index (χ1) is 8.45. The molecule has 0 bridgehead atoms. The van der Waals surface area contributed by atoms with E-state index < -0.39 is 12.1 Å². The number of halogens is 1. The number of carbonyl (C=O) groups excluding carboxylic acids is 2. The van der Waals surface area contributed by atoms with Crippen LogP contribution in [0.2, 0.25) is 0 Å². The van der Waals surface area contributed by atoms with Gasteiger partial charge in [0.25, 0.3) is 5.91 Å².